The Morgan fingerprint density at radius 2 is 1.71 bits per heavy atom. The van der Waals surface area contributed by atoms with Crippen LogP contribution in [0.3, 0.4) is 0 Å². The predicted octanol–water partition coefficient (Wildman–Crippen LogP) is 2.23. The van der Waals surface area contributed by atoms with Gasteiger partial charge >= 0.3 is 0 Å². The van der Waals surface area contributed by atoms with E-state index in [0.29, 0.717) is 6.42 Å². The maximum Gasteiger partial charge on any atom is 0.243 e. The number of phenols is 1. The number of aromatic hydroxyl groups is 1. The Balaban J connectivity index is 2.04. The molecule has 1 unspecified atom stereocenters. The fourth-order valence-electron chi connectivity index (χ4n) is 2.12. The second kappa shape index (κ2) is 6.41. The first-order valence-corrected chi connectivity index (χ1v) is 6.85. The molecule has 4 nitrogen and oxygen atoms in total. The Kier molecular flexibility index (Phi) is 4.60. The second-order valence-electron chi connectivity index (χ2n) is 5.21. The highest BCUT2D eigenvalue weighted by atomic mass is 16.3. The van der Waals surface area contributed by atoms with Crippen LogP contribution in [0.4, 0.5) is 5.69 Å². The third-order valence-corrected chi connectivity index (χ3v) is 3.46. The molecule has 1 atom stereocenters. The van der Waals surface area contributed by atoms with E-state index in [1.54, 1.807) is 36.2 Å². The number of anilines is 1. The van der Waals surface area contributed by atoms with Crippen molar-refractivity contribution in [2.75, 3.05) is 11.9 Å². The summed E-state index contributed by atoms with van der Waals surface area (Å²) < 4.78 is 0. The van der Waals surface area contributed by atoms with Crippen molar-refractivity contribution in [2.45, 2.75) is 19.4 Å². The number of amides is 1. The lowest BCUT2D eigenvalue weighted by Gasteiger charge is -2.21. The van der Waals surface area contributed by atoms with E-state index in [1.807, 2.05) is 31.2 Å². The minimum absolute atomic E-state index is 0.132. The Labute approximate surface area is 124 Å². The molecule has 0 aliphatic heterocycles. The number of carbonyl (C=O) groups is 1. The minimum atomic E-state index is -0.610. The molecule has 0 aliphatic carbocycles. The molecule has 0 heterocycles. The highest BCUT2D eigenvalue weighted by Gasteiger charge is 2.19. The van der Waals surface area contributed by atoms with E-state index in [0.717, 1.165) is 16.8 Å². The Hall–Kier alpha value is -2.33. The normalized spacial score (nSPS) is 12.0. The summed E-state index contributed by atoms with van der Waals surface area (Å²) in [5.74, 6) is 0.0716. The molecule has 2 rings (SSSR count). The van der Waals surface area contributed by atoms with Gasteiger partial charge in [0.15, 0.2) is 0 Å². The van der Waals surface area contributed by atoms with Crippen LogP contribution in [-0.4, -0.2) is 24.1 Å². The molecule has 0 saturated heterocycles. The molecule has 21 heavy (non-hydrogen) atoms. The number of phenolic OH excluding ortho intramolecular Hbond substituents is 1. The molecule has 3 N–H and O–H groups in total. The summed E-state index contributed by atoms with van der Waals surface area (Å²) in [7, 11) is 1.73. The summed E-state index contributed by atoms with van der Waals surface area (Å²) in [6.07, 6.45) is 0.440. The number of aryl methyl sites for hydroxylation is 1. The minimum Gasteiger partial charge on any atom is -0.508 e. The summed E-state index contributed by atoms with van der Waals surface area (Å²) in [6.45, 7) is 2.00. The Morgan fingerprint density at radius 1 is 1.14 bits per heavy atom. The van der Waals surface area contributed by atoms with E-state index in [9.17, 15) is 9.90 Å². The molecule has 2 aromatic carbocycles. The smallest absolute Gasteiger partial charge is 0.243 e. The number of nitrogens with two attached hydrogens (primary N) is 1. The van der Waals surface area contributed by atoms with Crippen LogP contribution in [0.5, 0.6) is 5.75 Å². The van der Waals surface area contributed by atoms with Crippen LogP contribution in [0, 0.1) is 6.92 Å². The predicted molar refractivity (Wildman–Crippen MR) is 84.4 cm³/mol. The number of carbonyl (C=O) groups excluding carboxylic acids is 1. The van der Waals surface area contributed by atoms with Crippen molar-refractivity contribution in [3.63, 3.8) is 0 Å². The van der Waals surface area contributed by atoms with Crippen LogP contribution in [0.2, 0.25) is 0 Å². The van der Waals surface area contributed by atoms with Gasteiger partial charge in [0.1, 0.15) is 5.75 Å². The summed E-state index contributed by atoms with van der Waals surface area (Å²) >= 11 is 0. The summed E-state index contributed by atoms with van der Waals surface area (Å²) in [6, 6.07) is 13.9. The zero-order valence-electron chi connectivity index (χ0n) is 12.3. The van der Waals surface area contributed by atoms with Crippen LogP contribution >= 0.6 is 0 Å². The highest BCUT2D eigenvalue weighted by molar-refractivity contribution is 5.96. The summed E-state index contributed by atoms with van der Waals surface area (Å²) in [5, 5.41) is 9.25. The van der Waals surface area contributed by atoms with Crippen LogP contribution in [0.15, 0.2) is 48.5 Å². The number of rotatable bonds is 4. The van der Waals surface area contributed by atoms with E-state index >= 15 is 0 Å². The number of hydrogen-bond donors (Lipinski definition) is 2. The van der Waals surface area contributed by atoms with Gasteiger partial charge in [-0.2, -0.15) is 0 Å². The molecule has 0 aromatic heterocycles. The van der Waals surface area contributed by atoms with Gasteiger partial charge in [-0.05, 0) is 43.2 Å². The van der Waals surface area contributed by atoms with Crippen molar-refractivity contribution in [3.05, 3.63) is 59.7 Å². The average molecular weight is 284 g/mol. The second-order valence-corrected chi connectivity index (χ2v) is 5.21. The molecule has 0 fully saturated rings. The Morgan fingerprint density at radius 3 is 2.29 bits per heavy atom. The molecular weight excluding hydrogens is 264 g/mol. The largest absolute Gasteiger partial charge is 0.508 e. The van der Waals surface area contributed by atoms with E-state index in [-0.39, 0.29) is 11.7 Å². The van der Waals surface area contributed by atoms with Crippen molar-refractivity contribution >= 4 is 11.6 Å². The fourth-order valence-corrected chi connectivity index (χ4v) is 2.12. The van der Waals surface area contributed by atoms with Crippen molar-refractivity contribution in [1.29, 1.82) is 0 Å². The molecule has 2 aromatic rings. The summed E-state index contributed by atoms with van der Waals surface area (Å²) in [5.41, 5.74) is 8.90. The SMILES string of the molecule is Cc1ccc(N(C)C(=O)C(N)Cc2ccc(O)cc2)cc1. The van der Waals surface area contributed by atoms with Crippen molar-refractivity contribution in [2.24, 2.45) is 5.73 Å². The van der Waals surface area contributed by atoms with Gasteiger partial charge in [-0.15, -0.1) is 0 Å². The molecular formula is C17H20N2O2. The van der Waals surface area contributed by atoms with Gasteiger partial charge in [0.2, 0.25) is 5.91 Å². The van der Waals surface area contributed by atoms with Crippen molar-refractivity contribution in [3.8, 4) is 5.75 Å². The molecule has 0 bridgehead atoms. The number of benzene rings is 2. The van der Waals surface area contributed by atoms with Crippen LogP contribution in [0.1, 0.15) is 11.1 Å². The first-order valence-electron chi connectivity index (χ1n) is 6.85. The van der Waals surface area contributed by atoms with Crippen LogP contribution in [0.25, 0.3) is 0 Å². The van der Waals surface area contributed by atoms with Crippen molar-refractivity contribution < 1.29 is 9.90 Å². The Bertz CT molecular complexity index is 606. The van der Waals surface area contributed by atoms with Crippen LogP contribution in [-0.2, 0) is 11.2 Å². The zero-order chi connectivity index (χ0) is 15.4. The van der Waals surface area contributed by atoms with Gasteiger partial charge in [-0.3, -0.25) is 4.79 Å². The quantitative estimate of drug-likeness (QED) is 0.904. The lowest BCUT2D eigenvalue weighted by Crippen LogP contribution is -2.43. The van der Waals surface area contributed by atoms with E-state index in [2.05, 4.69) is 0 Å². The molecule has 1 amide bonds. The third-order valence-electron chi connectivity index (χ3n) is 3.46. The van der Waals surface area contributed by atoms with Gasteiger partial charge in [-0.25, -0.2) is 0 Å². The first-order chi connectivity index (χ1) is 9.97. The zero-order valence-corrected chi connectivity index (χ0v) is 12.3. The number of likely N-dealkylation sites (N-methyl/N-ethyl adjacent to an activating group) is 1. The summed E-state index contributed by atoms with van der Waals surface area (Å²) in [4.78, 5) is 13.9. The first kappa shape index (κ1) is 15.1. The van der Waals surface area contributed by atoms with Crippen molar-refractivity contribution in [1.82, 2.24) is 0 Å². The molecule has 0 aliphatic rings. The molecule has 0 saturated carbocycles. The van der Waals surface area contributed by atoms with Gasteiger partial charge in [0.25, 0.3) is 0 Å². The average Bonchev–Trinajstić information content (AvgIpc) is 2.49. The maximum atomic E-state index is 12.4. The topological polar surface area (TPSA) is 66.6 Å². The maximum absolute atomic E-state index is 12.4. The van der Waals surface area contributed by atoms with E-state index < -0.39 is 6.04 Å². The number of nitrogens with zero attached hydrogens (tertiary/aromatic N) is 1. The van der Waals surface area contributed by atoms with E-state index in [1.165, 1.54) is 0 Å². The highest BCUT2D eigenvalue weighted by Crippen LogP contribution is 2.16. The van der Waals surface area contributed by atoms with Crippen LogP contribution < -0.4 is 10.6 Å². The standard InChI is InChI=1S/C17H20N2O2/c1-12-3-7-14(8-4-12)19(2)17(21)16(18)11-13-5-9-15(20)10-6-13/h3-10,16,20H,11,18H2,1-2H3. The van der Waals surface area contributed by atoms with Gasteiger partial charge in [0.05, 0.1) is 6.04 Å². The van der Waals surface area contributed by atoms with Gasteiger partial charge in [-0.1, -0.05) is 29.8 Å². The lowest BCUT2D eigenvalue weighted by atomic mass is 10.1. The van der Waals surface area contributed by atoms with Gasteiger partial charge < -0.3 is 15.7 Å². The molecule has 4 heteroatoms. The molecule has 0 radical (unpaired) electrons. The van der Waals surface area contributed by atoms with E-state index in [4.69, 9.17) is 5.73 Å². The molecule has 0 spiro atoms. The third kappa shape index (κ3) is 3.83. The lowest BCUT2D eigenvalue weighted by molar-refractivity contribution is -0.119. The van der Waals surface area contributed by atoms with Gasteiger partial charge in [0, 0.05) is 12.7 Å². The molecule has 110 valence electrons. The number of hydrogen-bond acceptors (Lipinski definition) is 3. The fraction of sp³-hybridized carbons (Fsp3) is 0.235. The monoisotopic (exact) mass is 284 g/mol.